The number of rotatable bonds is 4. The Hall–Kier alpha value is -2.17. The summed E-state index contributed by atoms with van der Waals surface area (Å²) in [5.74, 6) is -1.55. The SMILES string of the molecule is NC(=O)CNC(=O)/C=C/c1ccccc1F. The first-order valence-electron chi connectivity index (χ1n) is 4.58. The van der Waals surface area contributed by atoms with Crippen molar-refractivity contribution in [1.29, 1.82) is 0 Å². The van der Waals surface area contributed by atoms with Crippen molar-refractivity contribution in [2.45, 2.75) is 0 Å². The summed E-state index contributed by atoms with van der Waals surface area (Å²) in [5, 5.41) is 2.25. The van der Waals surface area contributed by atoms with Gasteiger partial charge in [-0.1, -0.05) is 18.2 Å². The normalized spacial score (nSPS) is 10.3. The van der Waals surface area contributed by atoms with Gasteiger partial charge in [-0.25, -0.2) is 4.39 Å². The quantitative estimate of drug-likeness (QED) is 0.725. The standard InChI is InChI=1S/C11H11FN2O2/c12-9-4-2-1-3-8(9)5-6-11(16)14-7-10(13)15/h1-6H,7H2,(H2,13,15)(H,14,16)/b6-5+. The number of halogens is 1. The number of primary amides is 1. The molecule has 1 rings (SSSR count). The molecule has 0 radical (unpaired) electrons. The van der Waals surface area contributed by atoms with Gasteiger partial charge in [0.25, 0.3) is 0 Å². The lowest BCUT2D eigenvalue weighted by molar-refractivity contribution is -0.122. The lowest BCUT2D eigenvalue weighted by atomic mass is 10.2. The van der Waals surface area contributed by atoms with Crippen LogP contribution in [0.15, 0.2) is 30.3 Å². The van der Waals surface area contributed by atoms with Crippen molar-refractivity contribution in [1.82, 2.24) is 5.32 Å². The second kappa shape index (κ2) is 5.65. The zero-order chi connectivity index (χ0) is 12.0. The molecule has 0 bridgehead atoms. The van der Waals surface area contributed by atoms with Crippen molar-refractivity contribution in [2.24, 2.45) is 5.73 Å². The highest BCUT2D eigenvalue weighted by molar-refractivity contribution is 5.94. The average molecular weight is 222 g/mol. The maximum atomic E-state index is 13.1. The fourth-order valence-corrected chi connectivity index (χ4v) is 1.01. The molecule has 1 aromatic rings. The van der Waals surface area contributed by atoms with Crippen molar-refractivity contribution in [3.8, 4) is 0 Å². The van der Waals surface area contributed by atoms with Crippen LogP contribution in [0, 0.1) is 5.82 Å². The van der Waals surface area contributed by atoms with Crippen molar-refractivity contribution in [2.75, 3.05) is 6.54 Å². The van der Waals surface area contributed by atoms with Crippen molar-refractivity contribution >= 4 is 17.9 Å². The van der Waals surface area contributed by atoms with Crippen LogP contribution in [0.1, 0.15) is 5.56 Å². The molecule has 0 atom stereocenters. The number of hydrogen-bond donors (Lipinski definition) is 2. The Morgan fingerprint density at radius 3 is 2.69 bits per heavy atom. The molecule has 0 aliphatic heterocycles. The Morgan fingerprint density at radius 2 is 2.06 bits per heavy atom. The van der Waals surface area contributed by atoms with Gasteiger partial charge in [0, 0.05) is 11.6 Å². The number of benzene rings is 1. The van der Waals surface area contributed by atoms with E-state index in [1.165, 1.54) is 18.2 Å². The maximum absolute atomic E-state index is 13.1. The Labute approximate surface area is 91.9 Å². The first-order chi connectivity index (χ1) is 7.59. The molecule has 0 spiro atoms. The zero-order valence-corrected chi connectivity index (χ0v) is 8.44. The lowest BCUT2D eigenvalue weighted by Crippen LogP contribution is -2.32. The molecule has 5 heteroatoms. The van der Waals surface area contributed by atoms with Crippen LogP contribution in [0.2, 0.25) is 0 Å². The zero-order valence-electron chi connectivity index (χ0n) is 8.44. The molecule has 84 valence electrons. The highest BCUT2D eigenvalue weighted by Crippen LogP contribution is 2.07. The summed E-state index contributed by atoms with van der Waals surface area (Å²) >= 11 is 0. The third kappa shape index (κ3) is 3.91. The molecule has 2 amide bonds. The van der Waals surface area contributed by atoms with Gasteiger partial charge in [-0.2, -0.15) is 0 Å². The predicted molar refractivity (Wildman–Crippen MR) is 57.6 cm³/mol. The summed E-state index contributed by atoms with van der Waals surface area (Å²) in [6.45, 7) is -0.236. The largest absolute Gasteiger partial charge is 0.368 e. The van der Waals surface area contributed by atoms with E-state index in [2.05, 4.69) is 5.32 Å². The van der Waals surface area contributed by atoms with Crippen molar-refractivity contribution in [3.05, 3.63) is 41.7 Å². The second-order valence-electron chi connectivity index (χ2n) is 3.04. The van der Waals surface area contributed by atoms with Crippen LogP contribution in [-0.4, -0.2) is 18.4 Å². The van der Waals surface area contributed by atoms with Crippen LogP contribution in [0.4, 0.5) is 4.39 Å². The van der Waals surface area contributed by atoms with Crippen molar-refractivity contribution in [3.63, 3.8) is 0 Å². The van der Waals surface area contributed by atoms with Crippen molar-refractivity contribution < 1.29 is 14.0 Å². The van der Waals surface area contributed by atoms with E-state index >= 15 is 0 Å². The molecule has 0 aliphatic rings. The smallest absolute Gasteiger partial charge is 0.244 e. The van der Waals surface area contributed by atoms with Gasteiger partial charge in [0.1, 0.15) is 5.82 Å². The van der Waals surface area contributed by atoms with E-state index in [0.717, 1.165) is 6.08 Å². The molecule has 1 aromatic carbocycles. The topological polar surface area (TPSA) is 72.2 Å². The van der Waals surface area contributed by atoms with Gasteiger partial charge in [-0.15, -0.1) is 0 Å². The number of nitrogens with two attached hydrogens (primary N) is 1. The van der Waals surface area contributed by atoms with Gasteiger partial charge in [0.05, 0.1) is 6.54 Å². The van der Waals surface area contributed by atoms with E-state index in [1.807, 2.05) is 0 Å². The minimum atomic E-state index is -0.632. The molecular formula is C11H11FN2O2. The van der Waals surface area contributed by atoms with E-state index in [0.29, 0.717) is 5.56 Å². The molecule has 0 unspecified atom stereocenters. The van der Waals surface area contributed by atoms with Gasteiger partial charge in [0.15, 0.2) is 0 Å². The van der Waals surface area contributed by atoms with Crippen LogP contribution in [0.25, 0.3) is 6.08 Å². The third-order valence-electron chi connectivity index (χ3n) is 1.76. The highest BCUT2D eigenvalue weighted by Gasteiger charge is 1.99. The Kier molecular flexibility index (Phi) is 4.20. The van der Waals surface area contributed by atoms with Crippen LogP contribution < -0.4 is 11.1 Å². The number of carbonyl (C=O) groups is 2. The maximum Gasteiger partial charge on any atom is 0.244 e. The fraction of sp³-hybridized carbons (Fsp3) is 0.0909. The summed E-state index contributed by atoms with van der Waals surface area (Å²) in [4.78, 5) is 21.5. The minimum Gasteiger partial charge on any atom is -0.368 e. The van der Waals surface area contributed by atoms with Gasteiger partial charge < -0.3 is 11.1 Å². The Bertz CT molecular complexity index is 430. The molecule has 0 aliphatic carbocycles. The van der Waals surface area contributed by atoms with Crippen LogP contribution >= 0.6 is 0 Å². The first-order valence-corrected chi connectivity index (χ1v) is 4.58. The molecule has 0 saturated heterocycles. The van der Waals surface area contributed by atoms with Crippen LogP contribution in [0.5, 0.6) is 0 Å². The van der Waals surface area contributed by atoms with Gasteiger partial charge in [-0.3, -0.25) is 9.59 Å². The van der Waals surface area contributed by atoms with Crippen LogP contribution in [-0.2, 0) is 9.59 Å². The van der Waals surface area contributed by atoms with E-state index in [1.54, 1.807) is 12.1 Å². The average Bonchev–Trinajstić information content (AvgIpc) is 2.25. The summed E-state index contributed by atoms with van der Waals surface area (Å²) in [6, 6.07) is 6.04. The third-order valence-corrected chi connectivity index (χ3v) is 1.76. The summed E-state index contributed by atoms with van der Waals surface area (Å²) in [6.07, 6.45) is 2.47. The van der Waals surface area contributed by atoms with E-state index in [4.69, 9.17) is 5.73 Å². The van der Waals surface area contributed by atoms with Gasteiger partial charge in [-0.05, 0) is 12.1 Å². The molecule has 3 N–H and O–H groups in total. The molecular weight excluding hydrogens is 211 g/mol. The summed E-state index contributed by atoms with van der Waals surface area (Å²) in [7, 11) is 0. The number of carbonyl (C=O) groups excluding carboxylic acids is 2. The van der Waals surface area contributed by atoms with Gasteiger partial charge in [0.2, 0.25) is 11.8 Å². The fourth-order valence-electron chi connectivity index (χ4n) is 1.01. The monoisotopic (exact) mass is 222 g/mol. The first kappa shape index (κ1) is 11.9. The van der Waals surface area contributed by atoms with Gasteiger partial charge >= 0.3 is 0 Å². The van der Waals surface area contributed by atoms with E-state index in [9.17, 15) is 14.0 Å². The molecule has 4 nitrogen and oxygen atoms in total. The molecule has 0 heterocycles. The summed E-state index contributed by atoms with van der Waals surface area (Å²) in [5.41, 5.74) is 5.14. The van der Waals surface area contributed by atoms with E-state index in [-0.39, 0.29) is 6.54 Å². The summed E-state index contributed by atoms with van der Waals surface area (Å²) < 4.78 is 13.1. The lowest BCUT2D eigenvalue weighted by Gasteiger charge is -1.97. The minimum absolute atomic E-state index is 0.236. The number of amides is 2. The molecule has 0 fully saturated rings. The Balaban J connectivity index is 2.57. The Morgan fingerprint density at radius 1 is 1.38 bits per heavy atom. The highest BCUT2D eigenvalue weighted by atomic mass is 19.1. The van der Waals surface area contributed by atoms with E-state index < -0.39 is 17.6 Å². The molecule has 16 heavy (non-hydrogen) atoms. The predicted octanol–water partition coefficient (Wildman–Crippen LogP) is 0.440. The number of nitrogens with one attached hydrogen (secondary N) is 1. The number of hydrogen-bond acceptors (Lipinski definition) is 2. The van der Waals surface area contributed by atoms with Crippen LogP contribution in [0.3, 0.4) is 0 Å². The molecule has 0 saturated carbocycles. The molecule has 0 aromatic heterocycles. The second-order valence-corrected chi connectivity index (χ2v) is 3.04.